The van der Waals surface area contributed by atoms with Crippen LogP contribution in [0.4, 0.5) is 21.0 Å². The van der Waals surface area contributed by atoms with E-state index in [1.54, 1.807) is 0 Å². The molecule has 36 heavy (non-hydrogen) atoms. The van der Waals surface area contributed by atoms with Crippen molar-refractivity contribution in [3.63, 3.8) is 0 Å². The Morgan fingerprint density at radius 3 is 1.47 bits per heavy atom. The van der Waals surface area contributed by atoms with Gasteiger partial charge in [0.15, 0.2) is 0 Å². The highest BCUT2D eigenvalue weighted by Gasteiger charge is 2.23. The van der Waals surface area contributed by atoms with Crippen molar-refractivity contribution in [2.45, 2.75) is 78.1 Å². The number of urea groups is 2. The third kappa shape index (κ3) is 8.58. The molecule has 0 bridgehead atoms. The van der Waals surface area contributed by atoms with Crippen LogP contribution < -0.4 is 21.3 Å². The predicted molar refractivity (Wildman–Crippen MR) is 150 cm³/mol. The molecular formula is C30H44N4O2. The highest BCUT2D eigenvalue weighted by molar-refractivity contribution is 5.89. The van der Waals surface area contributed by atoms with Crippen molar-refractivity contribution in [3.8, 4) is 0 Å². The standard InChI is InChI=1S/C30H44N4O2/c1-5-21(3)25-10-14-27(15-11-25)33-29(35)31-19-23-8-7-9-24(18-23)20-32-30(36)34-28-16-12-26(13-17-28)22(4)6-2/h10-17,21-24H,5-9,18-20H2,1-4H3,(H2,31,33,35)(H2,32,34,36)/t21-,22-,23-,24-/m0/s1. The molecule has 2 aromatic carbocycles. The lowest BCUT2D eigenvalue weighted by Crippen LogP contribution is -2.38. The van der Waals surface area contributed by atoms with Crippen LogP contribution in [0.15, 0.2) is 48.5 Å². The first kappa shape index (κ1) is 27.6. The normalized spacial score (nSPS) is 19.1. The molecule has 0 unspecified atom stereocenters. The minimum Gasteiger partial charge on any atom is -0.338 e. The second-order valence-electron chi connectivity index (χ2n) is 10.4. The van der Waals surface area contributed by atoms with E-state index in [4.69, 9.17) is 0 Å². The summed E-state index contributed by atoms with van der Waals surface area (Å²) < 4.78 is 0. The topological polar surface area (TPSA) is 82.3 Å². The van der Waals surface area contributed by atoms with Crippen LogP contribution in [-0.4, -0.2) is 25.2 Å². The molecule has 0 saturated heterocycles. The second-order valence-corrected chi connectivity index (χ2v) is 10.4. The second kappa shape index (κ2) is 13.9. The van der Waals surface area contributed by atoms with Crippen molar-refractivity contribution in [2.24, 2.45) is 11.8 Å². The summed E-state index contributed by atoms with van der Waals surface area (Å²) >= 11 is 0. The molecule has 0 aromatic heterocycles. The highest BCUT2D eigenvalue weighted by Crippen LogP contribution is 2.28. The summed E-state index contributed by atoms with van der Waals surface area (Å²) in [7, 11) is 0. The molecule has 1 aliphatic rings. The molecular weight excluding hydrogens is 448 g/mol. The van der Waals surface area contributed by atoms with Gasteiger partial charge in [0.05, 0.1) is 0 Å². The number of carbonyl (C=O) groups excluding carboxylic acids is 2. The first-order chi connectivity index (χ1) is 17.4. The molecule has 1 saturated carbocycles. The van der Waals surface area contributed by atoms with Crippen molar-refractivity contribution in [1.82, 2.24) is 10.6 Å². The average molecular weight is 493 g/mol. The zero-order valence-electron chi connectivity index (χ0n) is 22.4. The van der Waals surface area contributed by atoms with Gasteiger partial charge >= 0.3 is 12.1 Å². The lowest BCUT2D eigenvalue weighted by atomic mass is 9.81. The van der Waals surface area contributed by atoms with E-state index >= 15 is 0 Å². The number of amides is 4. The van der Waals surface area contributed by atoms with Crippen molar-refractivity contribution in [3.05, 3.63) is 59.7 Å². The fourth-order valence-electron chi connectivity index (χ4n) is 4.86. The Bertz CT molecular complexity index is 880. The van der Waals surface area contributed by atoms with Crippen molar-refractivity contribution < 1.29 is 9.59 Å². The summed E-state index contributed by atoms with van der Waals surface area (Å²) in [5.41, 5.74) is 4.20. The first-order valence-corrected chi connectivity index (χ1v) is 13.7. The number of hydrogen-bond donors (Lipinski definition) is 4. The molecule has 2 aromatic rings. The van der Waals surface area contributed by atoms with Crippen LogP contribution >= 0.6 is 0 Å². The quantitative estimate of drug-likeness (QED) is 0.277. The van der Waals surface area contributed by atoms with Gasteiger partial charge in [-0.25, -0.2) is 9.59 Å². The average Bonchev–Trinajstić information content (AvgIpc) is 2.91. The van der Waals surface area contributed by atoms with Crippen LogP contribution in [0.25, 0.3) is 0 Å². The van der Waals surface area contributed by atoms with Gasteiger partial charge < -0.3 is 21.3 Å². The van der Waals surface area contributed by atoms with Crippen LogP contribution in [0.5, 0.6) is 0 Å². The Hall–Kier alpha value is -3.02. The SMILES string of the molecule is CC[C@H](C)c1ccc(NC(=O)NC[C@H]2CCC[C@H](CNC(=O)Nc3ccc([C@@H](C)CC)cc3)C2)cc1. The molecule has 4 N–H and O–H groups in total. The lowest BCUT2D eigenvalue weighted by molar-refractivity contribution is 0.230. The van der Waals surface area contributed by atoms with E-state index in [0.29, 0.717) is 36.8 Å². The fourth-order valence-corrected chi connectivity index (χ4v) is 4.86. The highest BCUT2D eigenvalue weighted by atomic mass is 16.2. The summed E-state index contributed by atoms with van der Waals surface area (Å²) in [6.07, 6.45) is 6.54. The largest absolute Gasteiger partial charge is 0.338 e. The molecule has 0 spiro atoms. The number of carbonyl (C=O) groups is 2. The van der Waals surface area contributed by atoms with Gasteiger partial charge in [-0.2, -0.15) is 0 Å². The third-order valence-electron chi connectivity index (χ3n) is 7.69. The molecule has 196 valence electrons. The van der Waals surface area contributed by atoms with Gasteiger partial charge in [-0.1, -0.05) is 58.4 Å². The molecule has 3 rings (SSSR count). The number of anilines is 2. The maximum Gasteiger partial charge on any atom is 0.319 e. The Morgan fingerprint density at radius 1 is 0.722 bits per heavy atom. The summed E-state index contributed by atoms with van der Waals surface area (Å²) in [5.74, 6) is 1.91. The maximum absolute atomic E-state index is 12.4. The Kier molecular flexibility index (Phi) is 10.6. The van der Waals surface area contributed by atoms with Gasteiger partial charge in [-0.15, -0.1) is 0 Å². The van der Waals surface area contributed by atoms with Crippen LogP contribution in [-0.2, 0) is 0 Å². The summed E-state index contributed by atoms with van der Waals surface area (Å²) in [5, 5.41) is 11.9. The minimum atomic E-state index is -0.162. The third-order valence-corrected chi connectivity index (χ3v) is 7.69. The molecule has 6 nitrogen and oxygen atoms in total. The summed E-state index contributed by atoms with van der Waals surface area (Å²) in [6, 6.07) is 15.9. The molecule has 1 fully saturated rings. The number of hydrogen-bond acceptors (Lipinski definition) is 2. The van der Waals surface area contributed by atoms with E-state index < -0.39 is 0 Å². The van der Waals surface area contributed by atoms with E-state index in [-0.39, 0.29) is 12.1 Å². The van der Waals surface area contributed by atoms with E-state index in [1.807, 2.05) is 24.3 Å². The van der Waals surface area contributed by atoms with Crippen molar-refractivity contribution >= 4 is 23.4 Å². The number of nitrogens with one attached hydrogen (secondary N) is 4. The maximum atomic E-state index is 12.4. The Labute approximate surface area is 217 Å². The van der Waals surface area contributed by atoms with Gasteiger partial charge in [-0.3, -0.25) is 0 Å². The summed E-state index contributed by atoms with van der Waals surface area (Å²) in [6.45, 7) is 10.1. The Morgan fingerprint density at radius 2 is 1.11 bits per heavy atom. The van der Waals surface area contributed by atoms with Gasteiger partial charge in [-0.05, 0) is 91.2 Å². The zero-order chi connectivity index (χ0) is 25.9. The van der Waals surface area contributed by atoms with Gasteiger partial charge in [0.1, 0.15) is 0 Å². The van der Waals surface area contributed by atoms with Crippen LogP contribution in [0, 0.1) is 11.8 Å². The van der Waals surface area contributed by atoms with Gasteiger partial charge in [0.2, 0.25) is 0 Å². The van der Waals surface area contributed by atoms with Crippen molar-refractivity contribution in [1.29, 1.82) is 0 Å². The van der Waals surface area contributed by atoms with Crippen molar-refractivity contribution in [2.75, 3.05) is 23.7 Å². The van der Waals surface area contributed by atoms with Crippen LogP contribution in [0.2, 0.25) is 0 Å². The lowest BCUT2D eigenvalue weighted by Gasteiger charge is -2.29. The van der Waals surface area contributed by atoms with E-state index in [2.05, 4.69) is 73.2 Å². The van der Waals surface area contributed by atoms with E-state index in [1.165, 1.54) is 11.1 Å². The molecule has 0 heterocycles. The monoisotopic (exact) mass is 492 g/mol. The van der Waals surface area contributed by atoms with Gasteiger partial charge in [0.25, 0.3) is 0 Å². The van der Waals surface area contributed by atoms with E-state index in [0.717, 1.165) is 49.9 Å². The number of benzene rings is 2. The molecule has 4 atom stereocenters. The summed E-state index contributed by atoms with van der Waals surface area (Å²) in [4.78, 5) is 24.8. The first-order valence-electron chi connectivity index (χ1n) is 13.7. The fraction of sp³-hybridized carbons (Fsp3) is 0.533. The van der Waals surface area contributed by atoms with E-state index in [9.17, 15) is 9.59 Å². The smallest absolute Gasteiger partial charge is 0.319 e. The predicted octanol–water partition coefficient (Wildman–Crippen LogP) is 7.46. The van der Waals surface area contributed by atoms with Gasteiger partial charge in [0, 0.05) is 24.5 Å². The molecule has 0 radical (unpaired) electrons. The molecule has 1 aliphatic carbocycles. The molecule has 0 aliphatic heterocycles. The number of rotatable bonds is 10. The minimum absolute atomic E-state index is 0.162. The Balaban J connectivity index is 1.36. The zero-order valence-corrected chi connectivity index (χ0v) is 22.4. The van der Waals surface area contributed by atoms with Crippen LogP contribution in [0.3, 0.4) is 0 Å². The molecule has 4 amide bonds. The molecule has 6 heteroatoms. The van der Waals surface area contributed by atoms with Crippen LogP contribution in [0.1, 0.15) is 89.2 Å².